The molecule has 2 nitrogen and oxygen atoms in total. The summed E-state index contributed by atoms with van der Waals surface area (Å²) in [4.78, 5) is 0. The molecule has 1 N–H and O–H groups in total. The van der Waals surface area contributed by atoms with Gasteiger partial charge in [0.25, 0.3) is 0 Å². The van der Waals surface area contributed by atoms with Gasteiger partial charge in [0.1, 0.15) is 0 Å². The van der Waals surface area contributed by atoms with E-state index in [1.54, 1.807) is 0 Å². The lowest BCUT2D eigenvalue weighted by molar-refractivity contribution is -0.0169. The number of hydrogen-bond acceptors (Lipinski definition) is 2. The maximum Gasteiger partial charge on any atom is 0.0629 e. The summed E-state index contributed by atoms with van der Waals surface area (Å²) in [5.74, 6) is 0.877. The van der Waals surface area contributed by atoms with E-state index in [4.69, 9.17) is 4.74 Å². The largest absolute Gasteiger partial charge is 0.374 e. The van der Waals surface area contributed by atoms with Crippen molar-refractivity contribution >= 4 is 0 Å². The third kappa shape index (κ3) is 4.63. The predicted molar refractivity (Wildman–Crippen MR) is 55.9 cm³/mol. The zero-order chi connectivity index (χ0) is 9.90. The van der Waals surface area contributed by atoms with Gasteiger partial charge in [-0.2, -0.15) is 0 Å². The van der Waals surface area contributed by atoms with Crippen LogP contribution in [0.4, 0.5) is 0 Å². The van der Waals surface area contributed by atoms with Crippen LogP contribution in [0.1, 0.15) is 40.5 Å². The van der Waals surface area contributed by atoms with Crippen molar-refractivity contribution in [2.24, 2.45) is 5.92 Å². The van der Waals surface area contributed by atoms with Gasteiger partial charge in [-0.25, -0.2) is 0 Å². The molecule has 0 amide bonds. The maximum atomic E-state index is 5.78. The van der Waals surface area contributed by atoms with Crippen molar-refractivity contribution in [1.82, 2.24) is 5.32 Å². The quantitative estimate of drug-likeness (QED) is 0.709. The van der Waals surface area contributed by atoms with Crippen LogP contribution < -0.4 is 5.32 Å². The van der Waals surface area contributed by atoms with E-state index >= 15 is 0 Å². The van der Waals surface area contributed by atoms with Crippen molar-refractivity contribution in [2.45, 2.75) is 52.2 Å². The van der Waals surface area contributed by atoms with Crippen molar-refractivity contribution in [3.05, 3.63) is 0 Å². The molecule has 0 spiro atoms. The standard InChI is InChI=1S/C11H23NO/c1-5-12-10(9-6-7-9)8-13-11(2,3)4/h9-10,12H,5-8H2,1-4H3. The van der Waals surface area contributed by atoms with Gasteiger partial charge in [0.15, 0.2) is 0 Å². The minimum absolute atomic E-state index is 0.00254. The van der Waals surface area contributed by atoms with Gasteiger partial charge in [0, 0.05) is 6.04 Å². The molecule has 0 aromatic heterocycles. The molecule has 1 atom stereocenters. The number of likely N-dealkylation sites (N-methyl/N-ethyl adjacent to an activating group) is 1. The van der Waals surface area contributed by atoms with E-state index in [0.717, 1.165) is 19.1 Å². The summed E-state index contributed by atoms with van der Waals surface area (Å²) in [5.41, 5.74) is 0.00254. The van der Waals surface area contributed by atoms with Crippen LogP contribution in [0.25, 0.3) is 0 Å². The highest BCUT2D eigenvalue weighted by Crippen LogP contribution is 2.33. The summed E-state index contributed by atoms with van der Waals surface area (Å²) in [7, 11) is 0. The Balaban J connectivity index is 2.22. The monoisotopic (exact) mass is 185 g/mol. The van der Waals surface area contributed by atoms with Gasteiger partial charge in [0.2, 0.25) is 0 Å². The van der Waals surface area contributed by atoms with Crippen molar-refractivity contribution < 1.29 is 4.74 Å². The Morgan fingerprint density at radius 3 is 2.38 bits per heavy atom. The van der Waals surface area contributed by atoms with E-state index in [2.05, 4.69) is 33.0 Å². The second kappa shape index (κ2) is 4.43. The SMILES string of the molecule is CCNC(COC(C)(C)C)C1CC1. The van der Waals surface area contributed by atoms with Gasteiger partial charge in [-0.1, -0.05) is 6.92 Å². The van der Waals surface area contributed by atoms with Gasteiger partial charge in [-0.3, -0.25) is 0 Å². The maximum absolute atomic E-state index is 5.78. The molecule has 1 fully saturated rings. The average Bonchev–Trinajstić information content (AvgIpc) is 2.78. The molecule has 1 aliphatic rings. The van der Waals surface area contributed by atoms with Crippen molar-refractivity contribution in [1.29, 1.82) is 0 Å². The van der Waals surface area contributed by atoms with E-state index in [1.807, 2.05) is 0 Å². The fraction of sp³-hybridized carbons (Fsp3) is 1.00. The van der Waals surface area contributed by atoms with Gasteiger partial charge in [-0.05, 0) is 46.1 Å². The Labute approximate surface area is 82.0 Å². The van der Waals surface area contributed by atoms with Crippen LogP contribution in [0.2, 0.25) is 0 Å². The second-order valence-corrected chi connectivity index (χ2v) is 4.92. The molecule has 0 aromatic carbocycles. The molecular weight excluding hydrogens is 162 g/mol. The minimum atomic E-state index is 0.00254. The van der Waals surface area contributed by atoms with Gasteiger partial charge in [-0.15, -0.1) is 0 Å². The molecule has 1 rings (SSSR count). The van der Waals surface area contributed by atoms with Crippen LogP contribution in [-0.4, -0.2) is 24.8 Å². The molecular formula is C11H23NO. The average molecular weight is 185 g/mol. The molecule has 0 aliphatic heterocycles. The molecule has 1 unspecified atom stereocenters. The summed E-state index contributed by atoms with van der Waals surface area (Å²) in [6.07, 6.45) is 2.76. The van der Waals surface area contributed by atoms with Crippen LogP contribution in [0.3, 0.4) is 0 Å². The molecule has 0 bridgehead atoms. The molecule has 0 aromatic rings. The first-order valence-corrected chi connectivity index (χ1v) is 5.40. The summed E-state index contributed by atoms with van der Waals surface area (Å²) < 4.78 is 5.78. The third-order valence-electron chi connectivity index (χ3n) is 2.35. The first kappa shape index (κ1) is 11.0. The van der Waals surface area contributed by atoms with Crippen molar-refractivity contribution in [2.75, 3.05) is 13.2 Å². The number of rotatable bonds is 5. The van der Waals surface area contributed by atoms with E-state index in [1.165, 1.54) is 12.8 Å². The topological polar surface area (TPSA) is 21.3 Å². The molecule has 78 valence electrons. The summed E-state index contributed by atoms with van der Waals surface area (Å²) in [6.45, 7) is 10.4. The zero-order valence-corrected chi connectivity index (χ0v) is 9.39. The van der Waals surface area contributed by atoms with E-state index in [9.17, 15) is 0 Å². The Hall–Kier alpha value is -0.0800. The smallest absolute Gasteiger partial charge is 0.0629 e. The van der Waals surface area contributed by atoms with E-state index < -0.39 is 0 Å². The molecule has 2 heteroatoms. The Kier molecular flexibility index (Phi) is 3.74. The molecule has 1 saturated carbocycles. The van der Waals surface area contributed by atoms with Crippen LogP contribution in [0, 0.1) is 5.92 Å². The van der Waals surface area contributed by atoms with Gasteiger partial charge >= 0.3 is 0 Å². The Bertz CT molecular complexity index is 147. The highest BCUT2D eigenvalue weighted by atomic mass is 16.5. The van der Waals surface area contributed by atoms with Crippen LogP contribution >= 0.6 is 0 Å². The minimum Gasteiger partial charge on any atom is -0.374 e. The molecule has 0 saturated heterocycles. The van der Waals surface area contributed by atoms with Gasteiger partial charge in [0.05, 0.1) is 12.2 Å². The van der Waals surface area contributed by atoms with Crippen molar-refractivity contribution in [3.8, 4) is 0 Å². The lowest BCUT2D eigenvalue weighted by Crippen LogP contribution is -2.38. The second-order valence-electron chi connectivity index (χ2n) is 4.92. The lowest BCUT2D eigenvalue weighted by atomic mass is 10.1. The molecule has 13 heavy (non-hydrogen) atoms. The third-order valence-corrected chi connectivity index (χ3v) is 2.35. The molecule has 0 radical (unpaired) electrons. The lowest BCUT2D eigenvalue weighted by Gasteiger charge is -2.24. The summed E-state index contributed by atoms with van der Waals surface area (Å²) in [6, 6.07) is 0.587. The first-order chi connectivity index (χ1) is 6.03. The fourth-order valence-corrected chi connectivity index (χ4v) is 1.46. The van der Waals surface area contributed by atoms with Crippen molar-refractivity contribution in [3.63, 3.8) is 0 Å². The summed E-state index contributed by atoms with van der Waals surface area (Å²) >= 11 is 0. The van der Waals surface area contributed by atoms with E-state index in [-0.39, 0.29) is 5.60 Å². The van der Waals surface area contributed by atoms with Crippen LogP contribution in [0.15, 0.2) is 0 Å². The zero-order valence-electron chi connectivity index (χ0n) is 9.39. The number of hydrogen-bond donors (Lipinski definition) is 1. The van der Waals surface area contributed by atoms with E-state index in [0.29, 0.717) is 6.04 Å². The normalized spacial score (nSPS) is 20.3. The highest BCUT2D eigenvalue weighted by Gasteiger charge is 2.31. The number of nitrogens with one attached hydrogen (secondary N) is 1. The highest BCUT2D eigenvalue weighted by molar-refractivity contribution is 4.86. The Morgan fingerprint density at radius 1 is 1.38 bits per heavy atom. The Morgan fingerprint density at radius 2 is 2.00 bits per heavy atom. The summed E-state index contributed by atoms with van der Waals surface area (Å²) in [5, 5.41) is 3.49. The molecule has 1 aliphatic carbocycles. The fourth-order valence-electron chi connectivity index (χ4n) is 1.46. The number of ether oxygens (including phenoxy) is 1. The van der Waals surface area contributed by atoms with Crippen LogP contribution in [0.5, 0.6) is 0 Å². The first-order valence-electron chi connectivity index (χ1n) is 5.40. The molecule has 0 heterocycles. The predicted octanol–water partition coefficient (Wildman–Crippen LogP) is 2.19. The van der Waals surface area contributed by atoms with Crippen LogP contribution in [-0.2, 0) is 4.74 Å². The van der Waals surface area contributed by atoms with Gasteiger partial charge < -0.3 is 10.1 Å².